The summed E-state index contributed by atoms with van der Waals surface area (Å²) in [5.41, 5.74) is 0.0364. The highest BCUT2D eigenvalue weighted by Gasteiger charge is 2.55. The minimum absolute atomic E-state index is 0.262. The highest BCUT2D eigenvalue weighted by Crippen LogP contribution is 2.47. The van der Waals surface area contributed by atoms with Gasteiger partial charge in [0, 0.05) is 17.2 Å². The molecule has 7 nitrogen and oxygen atoms in total. The molecule has 2 aliphatic rings. The van der Waals surface area contributed by atoms with Gasteiger partial charge in [-0.3, -0.25) is 14.2 Å². The predicted octanol–water partition coefficient (Wildman–Crippen LogP) is 3.77. The van der Waals surface area contributed by atoms with Crippen molar-refractivity contribution in [1.29, 1.82) is 0 Å². The highest BCUT2D eigenvalue weighted by atomic mass is 35.5. The summed E-state index contributed by atoms with van der Waals surface area (Å²) in [6, 6.07) is 17.8. The van der Waals surface area contributed by atoms with E-state index in [2.05, 4.69) is 0 Å². The van der Waals surface area contributed by atoms with Gasteiger partial charge in [-0.1, -0.05) is 53.3 Å². The van der Waals surface area contributed by atoms with Crippen molar-refractivity contribution in [2.24, 2.45) is 10.9 Å². The Hall–Kier alpha value is -3.62. The minimum Gasteiger partial charge on any atom is -0.469 e. The van der Waals surface area contributed by atoms with E-state index in [4.69, 9.17) is 30.5 Å². The second-order valence-electron chi connectivity index (χ2n) is 8.50. The number of aromatic nitrogens is 1. The number of para-hydroxylation sites is 1. The first-order valence-corrected chi connectivity index (χ1v) is 12.1. The van der Waals surface area contributed by atoms with E-state index in [0.717, 1.165) is 11.1 Å². The molecule has 0 spiro atoms. The van der Waals surface area contributed by atoms with Crippen molar-refractivity contribution in [1.82, 2.24) is 4.57 Å². The van der Waals surface area contributed by atoms with Crippen LogP contribution in [0.15, 0.2) is 74.9 Å². The lowest BCUT2D eigenvalue weighted by molar-refractivity contribution is -0.158. The smallest absolute Gasteiger partial charge is 0.317 e. The third-order valence-corrected chi connectivity index (χ3v) is 7.69. The first-order chi connectivity index (χ1) is 16.9. The van der Waals surface area contributed by atoms with Crippen molar-refractivity contribution < 1.29 is 18.7 Å². The molecule has 2 aliphatic heterocycles. The molecule has 4 aromatic rings. The van der Waals surface area contributed by atoms with E-state index in [-0.39, 0.29) is 5.56 Å². The summed E-state index contributed by atoms with van der Waals surface area (Å²) in [5.74, 6) is 0.399. The third-order valence-electron chi connectivity index (χ3n) is 6.37. The number of halogens is 1. The van der Waals surface area contributed by atoms with Crippen LogP contribution >= 0.6 is 22.9 Å². The normalized spacial score (nSPS) is 22.5. The maximum Gasteiger partial charge on any atom is 0.317 e. The summed E-state index contributed by atoms with van der Waals surface area (Å²) >= 11 is 7.52. The minimum atomic E-state index is -1.21. The molecule has 0 amide bonds. The molecule has 0 N–H and O–H groups in total. The molecule has 0 saturated heterocycles. The summed E-state index contributed by atoms with van der Waals surface area (Å²) in [6.45, 7) is 1.75. The largest absolute Gasteiger partial charge is 0.469 e. The molecule has 0 saturated carbocycles. The van der Waals surface area contributed by atoms with E-state index < -0.39 is 23.7 Å². The number of ether oxygens (including phenoxy) is 2. The molecule has 0 radical (unpaired) electrons. The molecule has 3 atom stereocenters. The second-order valence-corrected chi connectivity index (χ2v) is 9.92. The Kier molecular flexibility index (Phi) is 4.98. The summed E-state index contributed by atoms with van der Waals surface area (Å²) in [5, 5.41) is 0.576. The molecule has 4 heterocycles. The van der Waals surface area contributed by atoms with Gasteiger partial charge >= 0.3 is 5.97 Å². The number of thiazole rings is 1. The van der Waals surface area contributed by atoms with Crippen LogP contribution in [0.25, 0.3) is 17.4 Å². The average molecular weight is 507 g/mol. The first kappa shape index (κ1) is 21.9. The summed E-state index contributed by atoms with van der Waals surface area (Å²) in [7, 11) is 1.33. The van der Waals surface area contributed by atoms with Gasteiger partial charge in [-0.15, -0.1) is 0 Å². The van der Waals surface area contributed by atoms with Crippen molar-refractivity contribution in [3.63, 3.8) is 0 Å². The molecule has 0 fully saturated rings. The number of hydrogen-bond donors (Lipinski definition) is 0. The zero-order valence-corrected chi connectivity index (χ0v) is 20.3. The van der Waals surface area contributed by atoms with Gasteiger partial charge in [0.15, 0.2) is 4.80 Å². The number of esters is 1. The van der Waals surface area contributed by atoms with Crippen LogP contribution in [0.5, 0.6) is 5.75 Å². The number of methoxy groups -OCH3 is 1. The van der Waals surface area contributed by atoms with Gasteiger partial charge in [0.2, 0.25) is 5.72 Å². The number of hydrogen-bond acceptors (Lipinski definition) is 7. The quantitative estimate of drug-likeness (QED) is 0.395. The maximum atomic E-state index is 13.6. The molecule has 2 unspecified atom stereocenters. The number of rotatable bonds is 3. The molecule has 2 bridgehead atoms. The molecule has 176 valence electrons. The Morgan fingerprint density at radius 1 is 1.17 bits per heavy atom. The van der Waals surface area contributed by atoms with E-state index in [1.165, 1.54) is 18.4 Å². The SMILES string of the molecule is COC(=O)C1C2c3ccccc3O[C@]1(C)N=c1s/c(=C/c3ccc(-c4ccccc4Cl)o3)c(=O)n12. The average Bonchev–Trinajstić information content (AvgIpc) is 3.42. The van der Waals surface area contributed by atoms with Crippen molar-refractivity contribution in [2.75, 3.05) is 7.11 Å². The van der Waals surface area contributed by atoms with Crippen LogP contribution in [0.1, 0.15) is 24.3 Å². The van der Waals surface area contributed by atoms with Crippen LogP contribution in [0.2, 0.25) is 5.02 Å². The third kappa shape index (κ3) is 3.36. The molecule has 2 aromatic heterocycles. The topological polar surface area (TPSA) is 83.0 Å². The lowest BCUT2D eigenvalue weighted by Gasteiger charge is -2.44. The van der Waals surface area contributed by atoms with E-state index in [1.807, 2.05) is 48.5 Å². The Balaban J connectivity index is 1.52. The van der Waals surface area contributed by atoms with Gasteiger partial charge in [0.25, 0.3) is 5.56 Å². The van der Waals surface area contributed by atoms with E-state index in [0.29, 0.717) is 31.6 Å². The number of carbonyl (C=O) groups is 1. The highest BCUT2D eigenvalue weighted by molar-refractivity contribution is 7.07. The molecule has 9 heteroatoms. The molecule has 2 aromatic carbocycles. The fourth-order valence-corrected chi connectivity index (χ4v) is 6.10. The molecular formula is C26H19ClN2O5S. The Bertz CT molecular complexity index is 1670. The second kappa shape index (κ2) is 7.96. The number of nitrogens with zero attached hydrogens (tertiary/aromatic N) is 2. The zero-order valence-electron chi connectivity index (χ0n) is 18.7. The lowest BCUT2D eigenvalue weighted by Crippen LogP contribution is -2.58. The summed E-state index contributed by atoms with van der Waals surface area (Å²) in [4.78, 5) is 31.7. The Labute approximate surface area is 208 Å². The summed E-state index contributed by atoms with van der Waals surface area (Å²) in [6.07, 6.45) is 1.68. The number of carbonyl (C=O) groups excluding carboxylic acids is 1. The lowest BCUT2D eigenvalue weighted by atomic mass is 9.81. The van der Waals surface area contributed by atoms with Crippen molar-refractivity contribution in [3.8, 4) is 17.1 Å². The first-order valence-electron chi connectivity index (χ1n) is 10.9. The molecule has 0 aliphatic carbocycles. The van der Waals surface area contributed by atoms with Gasteiger partial charge in [-0.25, -0.2) is 4.99 Å². The summed E-state index contributed by atoms with van der Waals surface area (Å²) < 4.78 is 19.3. The van der Waals surface area contributed by atoms with Crippen LogP contribution in [-0.2, 0) is 9.53 Å². The standard InChI is InChI=1S/C26H19ClN2O5S/c1-26-21(24(31)32-2)22(16-8-4-6-10-19(16)34-26)29-23(30)20(35-25(29)28-26)13-14-11-12-18(33-14)15-7-3-5-9-17(15)27/h3-13,21-22H,1-2H3/b20-13+/t21?,22?,26-/m0/s1. The predicted molar refractivity (Wildman–Crippen MR) is 131 cm³/mol. The van der Waals surface area contributed by atoms with Crippen LogP contribution in [0, 0.1) is 5.92 Å². The van der Waals surface area contributed by atoms with Gasteiger partial charge in [-0.2, -0.15) is 0 Å². The fourth-order valence-electron chi connectivity index (χ4n) is 4.80. The van der Waals surface area contributed by atoms with Gasteiger partial charge < -0.3 is 13.9 Å². The van der Waals surface area contributed by atoms with Crippen molar-refractivity contribution >= 4 is 35.0 Å². The van der Waals surface area contributed by atoms with Crippen LogP contribution in [-0.4, -0.2) is 23.4 Å². The van der Waals surface area contributed by atoms with Gasteiger partial charge in [-0.05, 0) is 37.3 Å². The maximum absolute atomic E-state index is 13.6. The Morgan fingerprint density at radius 3 is 2.74 bits per heavy atom. The van der Waals surface area contributed by atoms with Crippen molar-refractivity contribution in [2.45, 2.75) is 18.7 Å². The van der Waals surface area contributed by atoms with Gasteiger partial charge in [0.05, 0.1) is 22.7 Å². The van der Waals surface area contributed by atoms with Crippen LogP contribution in [0.3, 0.4) is 0 Å². The molecular weight excluding hydrogens is 488 g/mol. The van der Waals surface area contributed by atoms with Crippen molar-refractivity contribution in [3.05, 3.63) is 96.7 Å². The molecule has 35 heavy (non-hydrogen) atoms. The van der Waals surface area contributed by atoms with E-state index in [1.54, 1.807) is 29.7 Å². The van der Waals surface area contributed by atoms with E-state index >= 15 is 0 Å². The number of fused-ring (bicyclic) bond motifs is 6. The molecule has 6 rings (SSSR count). The van der Waals surface area contributed by atoms with Crippen LogP contribution in [0.4, 0.5) is 0 Å². The monoisotopic (exact) mass is 506 g/mol. The fraction of sp³-hybridized carbons (Fsp3) is 0.192. The number of furan rings is 1. The van der Waals surface area contributed by atoms with E-state index in [9.17, 15) is 9.59 Å². The zero-order chi connectivity index (χ0) is 24.3. The van der Waals surface area contributed by atoms with Crippen LogP contribution < -0.4 is 19.6 Å². The Morgan fingerprint density at radius 2 is 1.94 bits per heavy atom. The van der Waals surface area contributed by atoms with Gasteiger partial charge in [0.1, 0.15) is 23.2 Å². The number of benzene rings is 2.